The van der Waals surface area contributed by atoms with E-state index in [1.807, 2.05) is 6.07 Å². The van der Waals surface area contributed by atoms with Crippen LogP contribution >= 0.6 is 15.9 Å². The average molecular weight is 259 g/mol. The van der Waals surface area contributed by atoms with Crippen LogP contribution in [0.3, 0.4) is 0 Å². The lowest BCUT2D eigenvalue weighted by Gasteiger charge is -2.13. The first-order valence-electron chi connectivity index (χ1n) is 4.05. The van der Waals surface area contributed by atoms with E-state index in [-0.39, 0.29) is 12.3 Å². The van der Waals surface area contributed by atoms with Gasteiger partial charge in [-0.25, -0.2) is 10.0 Å². The first-order valence-corrected chi connectivity index (χ1v) is 4.84. The van der Waals surface area contributed by atoms with E-state index in [4.69, 9.17) is 4.84 Å². The van der Waals surface area contributed by atoms with Crippen LogP contribution in [0.4, 0.5) is 0 Å². The zero-order chi connectivity index (χ0) is 10.6. The zero-order valence-corrected chi connectivity index (χ0v) is 9.61. The quantitative estimate of drug-likeness (QED) is 0.608. The van der Waals surface area contributed by atoms with Crippen LogP contribution in [0.1, 0.15) is 5.56 Å². The lowest BCUT2D eigenvalue weighted by Crippen LogP contribution is -2.27. The molecular weight excluding hydrogens is 248 g/mol. The van der Waals surface area contributed by atoms with E-state index in [0.29, 0.717) is 4.60 Å². The minimum atomic E-state index is -0.110. The van der Waals surface area contributed by atoms with Crippen molar-refractivity contribution in [2.75, 3.05) is 14.2 Å². The Kier molecular flexibility index (Phi) is 4.03. The van der Waals surface area contributed by atoms with Gasteiger partial charge in [-0.15, -0.1) is 0 Å². The summed E-state index contributed by atoms with van der Waals surface area (Å²) in [5, 5.41) is 1.19. The Morgan fingerprint density at radius 3 is 3.00 bits per heavy atom. The highest BCUT2D eigenvalue weighted by Gasteiger charge is 2.10. The Balaban J connectivity index is 2.70. The third kappa shape index (κ3) is 2.78. The summed E-state index contributed by atoms with van der Waals surface area (Å²) in [5.74, 6) is -0.110. The van der Waals surface area contributed by atoms with Crippen molar-refractivity contribution < 1.29 is 9.63 Å². The van der Waals surface area contributed by atoms with Crippen molar-refractivity contribution in [2.45, 2.75) is 6.42 Å². The van der Waals surface area contributed by atoms with Gasteiger partial charge in [0.1, 0.15) is 4.60 Å². The number of aromatic nitrogens is 1. The Labute approximate surface area is 91.0 Å². The molecule has 0 saturated carbocycles. The largest absolute Gasteiger partial charge is 0.275 e. The number of carbonyl (C=O) groups is 1. The Morgan fingerprint density at radius 1 is 1.71 bits per heavy atom. The van der Waals surface area contributed by atoms with Gasteiger partial charge in [-0.1, -0.05) is 6.07 Å². The van der Waals surface area contributed by atoms with E-state index >= 15 is 0 Å². The van der Waals surface area contributed by atoms with Crippen molar-refractivity contribution in [3.63, 3.8) is 0 Å². The van der Waals surface area contributed by atoms with Gasteiger partial charge in [0.2, 0.25) is 5.91 Å². The van der Waals surface area contributed by atoms with Gasteiger partial charge in [-0.2, -0.15) is 0 Å². The fraction of sp³-hybridized carbons (Fsp3) is 0.333. The molecule has 1 aromatic rings. The van der Waals surface area contributed by atoms with Crippen LogP contribution < -0.4 is 0 Å². The molecule has 0 unspecified atom stereocenters. The highest BCUT2D eigenvalue weighted by atomic mass is 79.9. The van der Waals surface area contributed by atoms with Gasteiger partial charge in [-0.3, -0.25) is 9.63 Å². The van der Waals surface area contributed by atoms with Gasteiger partial charge in [-0.05, 0) is 27.6 Å². The van der Waals surface area contributed by atoms with Crippen LogP contribution in [-0.4, -0.2) is 30.1 Å². The summed E-state index contributed by atoms with van der Waals surface area (Å²) in [5.41, 5.74) is 0.849. The van der Waals surface area contributed by atoms with Crippen molar-refractivity contribution in [2.24, 2.45) is 0 Å². The number of halogens is 1. The molecular formula is C9H11BrN2O2. The second-order valence-corrected chi connectivity index (χ2v) is 3.46. The van der Waals surface area contributed by atoms with Crippen LogP contribution in [0.2, 0.25) is 0 Å². The molecule has 0 atom stereocenters. The predicted octanol–water partition coefficient (Wildman–Crippen LogP) is 1.41. The first kappa shape index (κ1) is 11.1. The van der Waals surface area contributed by atoms with Crippen LogP contribution in [0, 0.1) is 0 Å². The standard InChI is InChI=1S/C9H11BrN2O2/c1-12(14-2)8(13)6-7-4-3-5-11-9(7)10/h3-5H,6H2,1-2H3. The third-order valence-electron chi connectivity index (χ3n) is 1.80. The maximum Gasteiger partial charge on any atom is 0.250 e. The summed E-state index contributed by atoms with van der Waals surface area (Å²) in [6, 6.07) is 3.64. The van der Waals surface area contributed by atoms with Crippen molar-refractivity contribution in [1.82, 2.24) is 10.0 Å². The van der Waals surface area contributed by atoms with Crippen LogP contribution in [0.15, 0.2) is 22.9 Å². The fourth-order valence-corrected chi connectivity index (χ4v) is 1.32. The smallest absolute Gasteiger partial charge is 0.250 e. The van der Waals surface area contributed by atoms with E-state index in [1.54, 1.807) is 19.3 Å². The second kappa shape index (κ2) is 5.07. The summed E-state index contributed by atoms with van der Waals surface area (Å²) < 4.78 is 0.692. The molecule has 1 amide bonds. The van der Waals surface area contributed by atoms with Crippen LogP contribution in [0.5, 0.6) is 0 Å². The monoisotopic (exact) mass is 258 g/mol. The molecule has 4 nitrogen and oxygen atoms in total. The van der Waals surface area contributed by atoms with Crippen molar-refractivity contribution >= 4 is 21.8 Å². The molecule has 0 aliphatic rings. The predicted molar refractivity (Wildman–Crippen MR) is 55.4 cm³/mol. The molecule has 5 heteroatoms. The van der Waals surface area contributed by atoms with E-state index in [1.165, 1.54) is 12.2 Å². The summed E-state index contributed by atoms with van der Waals surface area (Å²) in [6.07, 6.45) is 1.94. The molecule has 1 aromatic heterocycles. The summed E-state index contributed by atoms with van der Waals surface area (Å²) in [4.78, 5) is 20.2. The second-order valence-electron chi connectivity index (χ2n) is 2.70. The normalized spacial score (nSPS) is 9.93. The third-order valence-corrected chi connectivity index (χ3v) is 2.52. The molecule has 0 aromatic carbocycles. The molecule has 1 rings (SSSR count). The number of likely N-dealkylation sites (N-methyl/N-ethyl adjacent to an activating group) is 1. The minimum Gasteiger partial charge on any atom is -0.275 e. The lowest BCUT2D eigenvalue weighted by atomic mass is 10.2. The zero-order valence-electron chi connectivity index (χ0n) is 8.03. The molecule has 0 bridgehead atoms. The van der Waals surface area contributed by atoms with E-state index < -0.39 is 0 Å². The summed E-state index contributed by atoms with van der Waals surface area (Å²) >= 11 is 3.27. The summed E-state index contributed by atoms with van der Waals surface area (Å²) in [6.45, 7) is 0. The molecule has 0 radical (unpaired) electrons. The Bertz CT molecular complexity index is 330. The van der Waals surface area contributed by atoms with Crippen molar-refractivity contribution in [3.05, 3.63) is 28.5 Å². The van der Waals surface area contributed by atoms with Crippen LogP contribution in [-0.2, 0) is 16.1 Å². The number of rotatable bonds is 3. The van der Waals surface area contributed by atoms with Crippen molar-refractivity contribution in [1.29, 1.82) is 0 Å². The Morgan fingerprint density at radius 2 is 2.43 bits per heavy atom. The molecule has 0 saturated heterocycles. The molecule has 1 heterocycles. The molecule has 14 heavy (non-hydrogen) atoms. The van der Waals surface area contributed by atoms with Gasteiger partial charge in [0.05, 0.1) is 13.5 Å². The van der Waals surface area contributed by atoms with Crippen molar-refractivity contribution in [3.8, 4) is 0 Å². The van der Waals surface area contributed by atoms with Gasteiger partial charge < -0.3 is 0 Å². The molecule has 0 fully saturated rings. The fourth-order valence-electron chi connectivity index (χ4n) is 0.927. The van der Waals surface area contributed by atoms with E-state index in [0.717, 1.165) is 5.56 Å². The average Bonchev–Trinajstić information content (AvgIpc) is 2.20. The first-order chi connectivity index (χ1) is 6.65. The molecule has 76 valence electrons. The molecule has 0 aliphatic heterocycles. The van der Waals surface area contributed by atoms with Gasteiger partial charge in [0.25, 0.3) is 0 Å². The van der Waals surface area contributed by atoms with E-state index in [9.17, 15) is 4.79 Å². The number of nitrogens with zero attached hydrogens (tertiary/aromatic N) is 2. The number of amides is 1. The maximum atomic E-state index is 11.4. The topological polar surface area (TPSA) is 42.4 Å². The highest BCUT2D eigenvalue weighted by Crippen LogP contribution is 2.13. The molecule has 0 N–H and O–H groups in total. The number of pyridine rings is 1. The minimum absolute atomic E-state index is 0.110. The molecule has 0 aliphatic carbocycles. The van der Waals surface area contributed by atoms with Gasteiger partial charge in [0.15, 0.2) is 0 Å². The van der Waals surface area contributed by atoms with Crippen LogP contribution in [0.25, 0.3) is 0 Å². The van der Waals surface area contributed by atoms with Gasteiger partial charge >= 0.3 is 0 Å². The highest BCUT2D eigenvalue weighted by molar-refractivity contribution is 9.10. The Hall–Kier alpha value is -0.940. The number of carbonyl (C=O) groups excluding carboxylic acids is 1. The SMILES string of the molecule is CON(C)C(=O)Cc1cccnc1Br. The maximum absolute atomic E-state index is 11.4. The number of hydrogen-bond donors (Lipinski definition) is 0. The van der Waals surface area contributed by atoms with E-state index in [2.05, 4.69) is 20.9 Å². The molecule has 0 spiro atoms. The van der Waals surface area contributed by atoms with Gasteiger partial charge in [0, 0.05) is 13.2 Å². The summed E-state index contributed by atoms with van der Waals surface area (Å²) in [7, 11) is 3.03. The number of hydrogen-bond acceptors (Lipinski definition) is 3. The number of hydroxylamine groups is 2. The lowest BCUT2D eigenvalue weighted by molar-refractivity contribution is -0.167.